The van der Waals surface area contributed by atoms with Crippen molar-refractivity contribution in [1.82, 2.24) is 5.32 Å². The molecule has 1 fully saturated rings. The van der Waals surface area contributed by atoms with Crippen molar-refractivity contribution in [2.75, 3.05) is 19.3 Å². The molecule has 4 heteroatoms. The van der Waals surface area contributed by atoms with Crippen molar-refractivity contribution in [2.24, 2.45) is 10.9 Å². The van der Waals surface area contributed by atoms with E-state index in [4.69, 9.17) is 0 Å². The van der Waals surface area contributed by atoms with Gasteiger partial charge < -0.3 is 5.32 Å². The number of nitrogens with zero attached hydrogens (tertiary/aromatic N) is 1. The molecule has 92 valence electrons. The number of rotatable bonds is 4. The fraction of sp³-hybridized carbons (Fsp3) is 0.917. The molecule has 1 heterocycles. The number of hydrogen-bond donors (Lipinski definition) is 1. The smallest absolute Gasteiger partial charge is 0.156 e. The van der Waals surface area contributed by atoms with E-state index in [0.717, 1.165) is 19.0 Å². The minimum absolute atomic E-state index is 0.513. The zero-order chi connectivity index (χ0) is 11.6. The third-order valence-electron chi connectivity index (χ3n) is 3.68. The van der Waals surface area contributed by atoms with Crippen LogP contribution in [0.3, 0.4) is 0 Å². The van der Waals surface area contributed by atoms with Crippen molar-refractivity contribution in [2.45, 2.75) is 43.1 Å². The molecule has 2 nitrogen and oxygen atoms in total. The third kappa shape index (κ3) is 2.70. The zero-order valence-electron chi connectivity index (χ0n) is 10.5. The number of thioether (sulfide) groups is 2. The molecule has 0 aromatic rings. The van der Waals surface area contributed by atoms with Crippen LogP contribution in [0.1, 0.15) is 33.1 Å². The Balaban J connectivity index is 1.75. The van der Waals surface area contributed by atoms with Crippen LogP contribution in [-0.2, 0) is 0 Å². The highest BCUT2D eigenvalue weighted by molar-refractivity contribution is 8.14. The molecule has 16 heavy (non-hydrogen) atoms. The molecule has 1 N–H and O–H groups in total. The summed E-state index contributed by atoms with van der Waals surface area (Å²) in [5.74, 6) is 0.728. The van der Waals surface area contributed by atoms with Gasteiger partial charge in [-0.1, -0.05) is 32.0 Å². The van der Waals surface area contributed by atoms with Gasteiger partial charge in [0.1, 0.15) is 0 Å². The Kier molecular flexibility index (Phi) is 4.11. The predicted octanol–water partition coefficient (Wildman–Crippen LogP) is 2.99. The van der Waals surface area contributed by atoms with Crippen LogP contribution in [0.2, 0.25) is 0 Å². The van der Waals surface area contributed by atoms with E-state index >= 15 is 0 Å². The minimum atomic E-state index is 0.513. The molecular weight excluding hydrogens is 236 g/mol. The maximum absolute atomic E-state index is 4.59. The van der Waals surface area contributed by atoms with Gasteiger partial charge in [-0.2, -0.15) is 11.8 Å². The van der Waals surface area contributed by atoms with Crippen LogP contribution < -0.4 is 5.32 Å². The lowest BCUT2D eigenvalue weighted by molar-refractivity contribution is 0.362. The molecule has 1 unspecified atom stereocenters. The Hall–Kier alpha value is 0.170. The second-order valence-electron chi connectivity index (χ2n) is 5.14. The number of nitrogens with one attached hydrogen (secondary N) is 1. The summed E-state index contributed by atoms with van der Waals surface area (Å²) in [5.41, 5.74) is 0. The summed E-state index contributed by atoms with van der Waals surface area (Å²) in [4.78, 5) is 4.59. The summed E-state index contributed by atoms with van der Waals surface area (Å²) >= 11 is 3.96. The highest BCUT2D eigenvalue weighted by Crippen LogP contribution is 2.42. The van der Waals surface area contributed by atoms with Crippen LogP contribution in [0.25, 0.3) is 0 Å². The average Bonchev–Trinajstić information content (AvgIpc) is 2.65. The fourth-order valence-electron chi connectivity index (χ4n) is 2.10. The maximum atomic E-state index is 4.59. The van der Waals surface area contributed by atoms with E-state index in [9.17, 15) is 0 Å². The average molecular weight is 258 g/mol. The molecule has 0 radical (unpaired) electrons. The summed E-state index contributed by atoms with van der Waals surface area (Å²) in [7, 11) is 0. The van der Waals surface area contributed by atoms with Crippen LogP contribution >= 0.6 is 23.5 Å². The molecule has 1 saturated carbocycles. The Morgan fingerprint density at radius 3 is 2.75 bits per heavy atom. The van der Waals surface area contributed by atoms with Gasteiger partial charge in [0.15, 0.2) is 5.17 Å². The summed E-state index contributed by atoms with van der Waals surface area (Å²) in [5, 5.41) is 5.42. The number of aliphatic imine (C=N–C) groups is 1. The topological polar surface area (TPSA) is 24.4 Å². The largest absolute Gasteiger partial charge is 0.364 e. The van der Waals surface area contributed by atoms with Gasteiger partial charge in [-0.25, -0.2) is 0 Å². The molecular formula is C12H22N2S2. The van der Waals surface area contributed by atoms with Gasteiger partial charge in [0.2, 0.25) is 0 Å². The normalized spacial score (nSPS) is 27.8. The molecule has 2 aliphatic rings. The van der Waals surface area contributed by atoms with E-state index in [1.165, 1.54) is 24.4 Å². The molecule has 1 aliphatic carbocycles. The standard InChI is InChI=1S/C12H22N2S2/c1-9(2)10-7-13-11(16-10)14-8-12(15-3)5-4-6-12/h9-10H,4-8H2,1-3H3,(H,13,14). The molecule has 0 bridgehead atoms. The van der Waals surface area contributed by atoms with Gasteiger partial charge in [0, 0.05) is 16.5 Å². The van der Waals surface area contributed by atoms with E-state index in [0.29, 0.717) is 10.00 Å². The van der Waals surface area contributed by atoms with E-state index in [1.807, 2.05) is 23.5 Å². The summed E-state index contributed by atoms with van der Waals surface area (Å²) < 4.78 is 0.513. The van der Waals surface area contributed by atoms with E-state index < -0.39 is 0 Å². The van der Waals surface area contributed by atoms with E-state index in [-0.39, 0.29) is 0 Å². The van der Waals surface area contributed by atoms with Gasteiger partial charge in [-0.05, 0) is 25.0 Å². The first kappa shape index (κ1) is 12.6. The Morgan fingerprint density at radius 2 is 2.31 bits per heavy atom. The molecule has 0 saturated heterocycles. The Morgan fingerprint density at radius 1 is 1.56 bits per heavy atom. The SMILES string of the molecule is CSC1(CNC2=NCC(C(C)C)S2)CCC1. The van der Waals surface area contributed by atoms with Crippen molar-refractivity contribution in [3.63, 3.8) is 0 Å². The molecule has 1 atom stereocenters. The van der Waals surface area contributed by atoms with Crippen LogP contribution in [0.15, 0.2) is 4.99 Å². The molecule has 0 aromatic heterocycles. The first-order valence-corrected chi connectivity index (χ1v) is 8.26. The van der Waals surface area contributed by atoms with Crippen molar-refractivity contribution >= 4 is 28.7 Å². The predicted molar refractivity (Wildman–Crippen MR) is 76.6 cm³/mol. The lowest BCUT2D eigenvalue weighted by Crippen LogP contribution is -2.44. The maximum Gasteiger partial charge on any atom is 0.156 e. The van der Waals surface area contributed by atoms with Gasteiger partial charge in [-0.3, -0.25) is 4.99 Å². The van der Waals surface area contributed by atoms with Crippen LogP contribution in [0.4, 0.5) is 0 Å². The van der Waals surface area contributed by atoms with Gasteiger partial charge in [0.05, 0.1) is 6.54 Å². The third-order valence-corrected chi connectivity index (χ3v) is 6.59. The molecule has 0 spiro atoms. The highest BCUT2D eigenvalue weighted by Gasteiger charge is 2.36. The van der Waals surface area contributed by atoms with Crippen molar-refractivity contribution in [3.05, 3.63) is 0 Å². The molecule has 0 aromatic carbocycles. The minimum Gasteiger partial charge on any atom is -0.364 e. The first-order chi connectivity index (χ1) is 7.65. The van der Waals surface area contributed by atoms with Crippen LogP contribution in [0, 0.1) is 5.92 Å². The number of hydrogen-bond acceptors (Lipinski definition) is 4. The quantitative estimate of drug-likeness (QED) is 0.839. The van der Waals surface area contributed by atoms with Crippen molar-refractivity contribution < 1.29 is 0 Å². The number of amidine groups is 1. The second kappa shape index (κ2) is 5.21. The van der Waals surface area contributed by atoms with Gasteiger partial charge >= 0.3 is 0 Å². The van der Waals surface area contributed by atoms with Crippen molar-refractivity contribution in [1.29, 1.82) is 0 Å². The molecule has 0 amide bonds. The first-order valence-electron chi connectivity index (χ1n) is 6.15. The van der Waals surface area contributed by atoms with E-state index in [1.54, 1.807) is 0 Å². The fourth-order valence-corrected chi connectivity index (χ4v) is 4.02. The second-order valence-corrected chi connectivity index (χ2v) is 7.64. The van der Waals surface area contributed by atoms with Gasteiger partial charge in [0.25, 0.3) is 0 Å². The molecule has 2 rings (SSSR count). The summed E-state index contributed by atoms with van der Waals surface area (Å²) in [6, 6.07) is 0. The lowest BCUT2D eigenvalue weighted by atomic mass is 9.84. The highest BCUT2D eigenvalue weighted by atomic mass is 32.2. The zero-order valence-corrected chi connectivity index (χ0v) is 12.1. The van der Waals surface area contributed by atoms with E-state index in [2.05, 4.69) is 30.4 Å². The monoisotopic (exact) mass is 258 g/mol. The summed E-state index contributed by atoms with van der Waals surface area (Å²) in [6.07, 6.45) is 6.37. The molecule has 1 aliphatic heterocycles. The summed E-state index contributed by atoms with van der Waals surface area (Å²) in [6.45, 7) is 6.67. The van der Waals surface area contributed by atoms with Crippen LogP contribution in [-0.4, -0.2) is 34.5 Å². The lowest BCUT2D eigenvalue weighted by Gasteiger charge is -2.40. The van der Waals surface area contributed by atoms with Crippen molar-refractivity contribution in [3.8, 4) is 0 Å². The Bertz CT molecular complexity index is 267. The van der Waals surface area contributed by atoms with Gasteiger partial charge in [-0.15, -0.1) is 0 Å². The van der Waals surface area contributed by atoms with Crippen LogP contribution in [0.5, 0.6) is 0 Å². The Labute approximate surface area is 107 Å².